The summed E-state index contributed by atoms with van der Waals surface area (Å²) in [5.74, 6) is -0.296. The molecule has 3 nitrogen and oxygen atoms in total. The van der Waals surface area contributed by atoms with Crippen molar-refractivity contribution in [1.29, 1.82) is 0 Å². The number of halogens is 1. The lowest BCUT2D eigenvalue weighted by Crippen LogP contribution is -2.07. The lowest BCUT2D eigenvalue weighted by Gasteiger charge is -2.10. The molecule has 0 aliphatic carbocycles. The van der Waals surface area contributed by atoms with E-state index in [1.54, 1.807) is 0 Å². The van der Waals surface area contributed by atoms with Crippen LogP contribution in [0.15, 0.2) is 36.4 Å². The number of carbonyl (C=O) groups excluding carboxylic acids is 1. The fourth-order valence-electron chi connectivity index (χ4n) is 2.05. The zero-order valence-electron chi connectivity index (χ0n) is 12.3. The van der Waals surface area contributed by atoms with Crippen LogP contribution in [0, 0.1) is 12.7 Å². The molecule has 0 saturated carbocycles. The SMILES string of the molecule is COc1cc(F)c(C(=O)Cc2ccc(C)cc2)cc1OC. The maximum atomic E-state index is 14.0. The average molecular weight is 288 g/mol. The van der Waals surface area contributed by atoms with Crippen LogP contribution in [0.5, 0.6) is 11.5 Å². The standard InChI is InChI=1S/C17H17FO3/c1-11-4-6-12(7-5-11)8-15(19)13-9-16(20-2)17(21-3)10-14(13)18/h4-7,9-10H,8H2,1-3H3. The number of aryl methyl sites for hydroxylation is 1. The van der Waals surface area contributed by atoms with Gasteiger partial charge in [0.25, 0.3) is 0 Å². The summed E-state index contributed by atoms with van der Waals surface area (Å²) in [7, 11) is 2.87. The summed E-state index contributed by atoms with van der Waals surface area (Å²) < 4.78 is 24.1. The van der Waals surface area contributed by atoms with Crippen LogP contribution in [0.4, 0.5) is 4.39 Å². The number of benzene rings is 2. The largest absolute Gasteiger partial charge is 0.493 e. The van der Waals surface area contributed by atoms with Crippen molar-refractivity contribution in [2.75, 3.05) is 14.2 Å². The van der Waals surface area contributed by atoms with Crippen LogP contribution in [0.3, 0.4) is 0 Å². The Balaban J connectivity index is 2.28. The van der Waals surface area contributed by atoms with E-state index in [0.717, 1.165) is 11.1 Å². The molecule has 0 saturated heterocycles. The molecular weight excluding hydrogens is 271 g/mol. The van der Waals surface area contributed by atoms with E-state index in [-0.39, 0.29) is 23.5 Å². The van der Waals surface area contributed by atoms with Gasteiger partial charge < -0.3 is 9.47 Å². The van der Waals surface area contributed by atoms with E-state index < -0.39 is 5.82 Å². The number of rotatable bonds is 5. The number of hydrogen-bond acceptors (Lipinski definition) is 3. The predicted molar refractivity (Wildman–Crippen MR) is 78.7 cm³/mol. The molecule has 110 valence electrons. The number of Topliss-reactive ketones (excluding diaryl/α,β-unsaturated/α-hetero) is 1. The summed E-state index contributed by atoms with van der Waals surface area (Å²) in [5.41, 5.74) is 1.97. The van der Waals surface area contributed by atoms with E-state index in [4.69, 9.17) is 9.47 Å². The van der Waals surface area contributed by atoms with Crippen LogP contribution < -0.4 is 9.47 Å². The van der Waals surface area contributed by atoms with Crippen LogP contribution >= 0.6 is 0 Å². The Morgan fingerprint density at radius 2 is 1.62 bits per heavy atom. The van der Waals surface area contributed by atoms with Gasteiger partial charge in [0.15, 0.2) is 17.3 Å². The van der Waals surface area contributed by atoms with Crippen LogP contribution in [-0.4, -0.2) is 20.0 Å². The minimum atomic E-state index is -0.607. The van der Waals surface area contributed by atoms with Crippen molar-refractivity contribution in [2.24, 2.45) is 0 Å². The highest BCUT2D eigenvalue weighted by atomic mass is 19.1. The van der Waals surface area contributed by atoms with Gasteiger partial charge in [-0.2, -0.15) is 0 Å². The molecule has 0 aliphatic heterocycles. The molecule has 0 fully saturated rings. The van der Waals surface area contributed by atoms with Crippen molar-refractivity contribution < 1.29 is 18.7 Å². The van der Waals surface area contributed by atoms with E-state index in [1.165, 1.54) is 26.4 Å². The third-order valence-corrected chi connectivity index (χ3v) is 3.26. The van der Waals surface area contributed by atoms with E-state index in [1.807, 2.05) is 31.2 Å². The van der Waals surface area contributed by atoms with Crippen molar-refractivity contribution in [3.05, 3.63) is 58.9 Å². The molecule has 0 heterocycles. The number of hydrogen-bond donors (Lipinski definition) is 0. The first-order valence-corrected chi connectivity index (χ1v) is 6.55. The molecule has 4 heteroatoms. The Hall–Kier alpha value is -2.36. The quantitative estimate of drug-likeness (QED) is 0.789. The summed E-state index contributed by atoms with van der Waals surface area (Å²) in [4.78, 5) is 12.3. The topological polar surface area (TPSA) is 35.5 Å². The third-order valence-electron chi connectivity index (χ3n) is 3.26. The van der Waals surface area contributed by atoms with Crippen molar-refractivity contribution in [1.82, 2.24) is 0 Å². The minimum Gasteiger partial charge on any atom is -0.493 e. The maximum absolute atomic E-state index is 14.0. The Morgan fingerprint density at radius 3 is 2.19 bits per heavy atom. The first kappa shape index (κ1) is 15.0. The lowest BCUT2D eigenvalue weighted by molar-refractivity contribution is 0.0988. The van der Waals surface area contributed by atoms with E-state index >= 15 is 0 Å². The van der Waals surface area contributed by atoms with Gasteiger partial charge in [0.2, 0.25) is 0 Å². The van der Waals surface area contributed by atoms with Crippen molar-refractivity contribution in [3.8, 4) is 11.5 Å². The van der Waals surface area contributed by atoms with Crippen LogP contribution in [0.25, 0.3) is 0 Å². The Labute approximate surface area is 123 Å². The van der Waals surface area contributed by atoms with Gasteiger partial charge in [-0.25, -0.2) is 4.39 Å². The summed E-state index contributed by atoms with van der Waals surface area (Å²) in [6, 6.07) is 10.1. The molecule has 21 heavy (non-hydrogen) atoms. The second-order valence-electron chi connectivity index (χ2n) is 4.77. The summed E-state index contributed by atoms with van der Waals surface area (Å²) >= 11 is 0. The molecule has 0 unspecified atom stereocenters. The van der Waals surface area contributed by atoms with E-state index in [9.17, 15) is 9.18 Å². The van der Waals surface area contributed by atoms with Gasteiger partial charge in [-0.1, -0.05) is 29.8 Å². The first-order chi connectivity index (χ1) is 10.0. The molecule has 0 aromatic heterocycles. The Bertz CT molecular complexity index is 648. The molecule has 0 aliphatic rings. The van der Waals surface area contributed by atoms with Gasteiger partial charge in [0.05, 0.1) is 19.8 Å². The number of carbonyl (C=O) groups is 1. The molecule has 0 N–H and O–H groups in total. The number of ketones is 1. The van der Waals surface area contributed by atoms with Gasteiger partial charge in [-0.05, 0) is 18.6 Å². The molecule has 2 aromatic carbocycles. The maximum Gasteiger partial charge on any atom is 0.170 e. The van der Waals surface area contributed by atoms with Gasteiger partial charge in [-0.3, -0.25) is 4.79 Å². The monoisotopic (exact) mass is 288 g/mol. The van der Waals surface area contributed by atoms with Crippen molar-refractivity contribution >= 4 is 5.78 Å². The van der Waals surface area contributed by atoms with Crippen LogP contribution in [0.1, 0.15) is 21.5 Å². The number of methoxy groups -OCH3 is 2. The molecule has 0 amide bonds. The average Bonchev–Trinajstić information content (AvgIpc) is 2.49. The zero-order valence-corrected chi connectivity index (χ0v) is 12.3. The summed E-state index contributed by atoms with van der Waals surface area (Å²) in [6.45, 7) is 1.97. The molecule has 2 aromatic rings. The Kier molecular flexibility index (Phi) is 4.58. The molecular formula is C17H17FO3. The van der Waals surface area contributed by atoms with E-state index in [2.05, 4.69) is 0 Å². The van der Waals surface area contributed by atoms with Crippen LogP contribution in [-0.2, 0) is 6.42 Å². The van der Waals surface area contributed by atoms with Gasteiger partial charge in [-0.15, -0.1) is 0 Å². The summed E-state index contributed by atoms with van der Waals surface area (Å²) in [6.07, 6.45) is 0.146. The second-order valence-corrected chi connectivity index (χ2v) is 4.77. The molecule has 0 radical (unpaired) electrons. The number of ether oxygens (including phenoxy) is 2. The molecule has 0 spiro atoms. The molecule has 0 bridgehead atoms. The molecule has 0 atom stereocenters. The van der Waals surface area contributed by atoms with Crippen LogP contribution in [0.2, 0.25) is 0 Å². The van der Waals surface area contributed by atoms with Gasteiger partial charge in [0.1, 0.15) is 5.82 Å². The Morgan fingerprint density at radius 1 is 1.05 bits per heavy atom. The molecule has 2 rings (SSSR count). The highest BCUT2D eigenvalue weighted by molar-refractivity contribution is 5.98. The lowest BCUT2D eigenvalue weighted by atomic mass is 10.0. The summed E-state index contributed by atoms with van der Waals surface area (Å²) in [5, 5.41) is 0. The van der Waals surface area contributed by atoms with Gasteiger partial charge >= 0.3 is 0 Å². The van der Waals surface area contributed by atoms with Crippen molar-refractivity contribution in [3.63, 3.8) is 0 Å². The normalized spacial score (nSPS) is 10.3. The van der Waals surface area contributed by atoms with Crippen molar-refractivity contribution in [2.45, 2.75) is 13.3 Å². The minimum absolute atomic E-state index is 0.00762. The third kappa shape index (κ3) is 3.40. The zero-order chi connectivity index (χ0) is 15.4. The predicted octanol–water partition coefficient (Wildman–Crippen LogP) is 3.58. The second kappa shape index (κ2) is 6.39. The highest BCUT2D eigenvalue weighted by Gasteiger charge is 2.17. The highest BCUT2D eigenvalue weighted by Crippen LogP contribution is 2.30. The van der Waals surface area contributed by atoms with E-state index in [0.29, 0.717) is 5.75 Å². The fourth-order valence-corrected chi connectivity index (χ4v) is 2.05. The smallest absolute Gasteiger partial charge is 0.170 e. The fraction of sp³-hybridized carbons (Fsp3) is 0.235. The first-order valence-electron chi connectivity index (χ1n) is 6.55. The van der Waals surface area contributed by atoms with Gasteiger partial charge in [0, 0.05) is 12.5 Å².